The number of carbonyl (C=O) groups excluding carboxylic acids is 1. The van der Waals surface area contributed by atoms with E-state index in [9.17, 15) is 15.0 Å². The lowest BCUT2D eigenvalue weighted by Gasteiger charge is -2.14. The van der Waals surface area contributed by atoms with E-state index in [0.29, 0.717) is 6.61 Å². The number of aliphatic hydroxyl groups excluding tert-OH is 2. The molecule has 1 amide bonds. The smallest absolute Gasteiger partial charge is 0.248 e. The van der Waals surface area contributed by atoms with Gasteiger partial charge in [-0.25, -0.2) is 0 Å². The number of β-amino-alcohol motifs (C(OH)–C–C–N with tert-alkyl or cyclic N) is 2. The van der Waals surface area contributed by atoms with Gasteiger partial charge in [-0.05, 0) is 6.42 Å². The van der Waals surface area contributed by atoms with Gasteiger partial charge >= 0.3 is 0 Å². The highest BCUT2D eigenvalue weighted by Gasteiger charge is 2.32. The molecule has 14 heavy (non-hydrogen) atoms. The third-order valence-corrected chi connectivity index (χ3v) is 2.19. The molecule has 2 N–H and O–H groups in total. The van der Waals surface area contributed by atoms with Crippen LogP contribution in [0.4, 0.5) is 0 Å². The first kappa shape index (κ1) is 11.4. The lowest BCUT2D eigenvalue weighted by atomic mass is 10.3. The van der Waals surface area contributed by atoms with Crippen molar-refractivity contribution >= 4 is 5.91 Å². The summed E-state index contributed by atoms with van der Waals surface area (Å²) in [4.78, 5) is 12.8. The molecule has 1 rings (SSSR count). The van der Waals surface area contributed by atoms with Crippen LogP contribution in [0.1, 0.15) is 13.3 Å². The van der Waals surface area contributed by atoms with Crippen molar-refractivity contribution in [1.29, 1.82) is 0 Å². The lowest BCUT2D eigenvalue weighted by Crippen LogP contribution is -2.33. The van der Waals surface area contributed by atoms with Gasteiger partial charge in [0, 0.05) is 19.7 Å². The monoisotopic (exact) mass is 203 g/mol. The van der Waals surface area contributed by atoms with E-state index in [0.717, 1.165) is 6.42 Å². The molecule has 0 radical (unpaired) electrons. The van der Waals surface area contributed by atoms with E-state index in [1.54, 1.807) is 0 Å². The molecule has 5 heteroatoms. The van der Waals surface area contributed by atoms with Crippen molar-refractivity contribution in [3.8, 4) is 0 Å². The summed E-state index contributed by atoms with van der Waals surface area (Å²) in [5.41, 5.74) is 0. The SMILES string of the molecule is CCCOCC(=O)N1C[C@@H](O)[C@@H](O)C1. The standard InChI is InChI=1S/C9H17NO4/c1-2-3-14-6-9(13)10-4-7(11)8(12)5-10/h7-8,11-12H,2-6H2,1H3/t7-,8+. The molecule has 0 aliphatic carbocycles. The summed E-state index contributed by atoms with van der Waals surface area (Å²) in [7, 11) is 0. The molecule has 0 saturated carbocycles. The maximum Gasteiger partial charge on any atom is 0.248 e. The first-order valence-electron chi connectivity index (χ1n) is 4.86. The van der Waals surface area contributed by atoms with Gasteiger partial charge in [-0.1, -0.05) is 6.92 Å². The van der Waals surface area contributed by atoms with Gasteiger partial charge in [-0.3, -0.25) is 4.79 Å². The Balaban J connectivity index is 2.25. The number of amides is 1. The van der Waals surface area contributed by atoms with Gasteiger partial charge in [0.1, 0.15) is 6.61 Å². The minimum absolute atomic E-state index is 0.0350. The third kappa shape index (κ3) is 2.94. The van der Waals surface area contributed by atoms with Gasteiger partial charge < -0.3 is 19.8 Å². The van der Waals surface area contributed by atoms with Crippen LogP contribution in [-0.2, 0) is 9.53 Å². The van der Waals surface area contributed by atoms with Gasteiger partial charge in [-0.2, -0.15) is 0 Å². The largest absolute Gasteiger partial charge is 0.388 e. The van der Waals surface area contributed by atoms with Crippen molar-refractivity contribution in [1.82, 2.24) is 4.90 Å². The molecule has 0 bridgehead atoms. The third-order valence-electron chi connectivity index (χ3n) is 2.19. The predicted octanol–water partition coefficient (Wildman–Crippen LogP) is -1.02. The lowest BCUT2D eigenvalue weighted by molar-refractivity contribution is -0.135. The molecule has 1 fully saturated rings. The number of hydrogen-bond acceptors (Lipinski definition) is 4. The van der Waals surface area contributed by atoms with E-state index in [4.69, 9.17) is 4.74 Å². The number of carbonyl (C=O) groups is 1. The fraction of sp³-hybridized carbons (Fsp3) is 0.889. The Labute approximate surface area is 83.3 Å². The fourth-order valence-corrected chi connectivity index (χ4v) is 1.37. The Morgan fingerprint density at radius 2 is 2.00 bits per heavy atom. The van der Waals surface area contributed by atoms with Crippen LogP contribution in [0.5, 0.6) is 0 Å². The van der Waals surface area contributed by atoms with Crippen LogP contribution >= 0.6 is 0 Å². The van der Waals surface area contributed by atoms with Gasteiger partial charge in [0.2, 0.25) is 5.91 Å². The highest BCUT2D eigenvalue weighted by Crippen LogP contribution is 2.09. The van der Waals surface area contributed by atoms with E-state index in [2.05, 4.69) is 0 Å². The molecule has 1 heterocycles. The molecule has 0 spiro atoms. The van der Waals surface area contributed by atoms with Gasteiger partial charge in [0.05, 0.1) is 12.2 Å². The molecular formula is C9H17NO4. The summed E-state index contributed by atoms with van der Waals surface area (Å²) in [6, 6.07) is 0. The van der Waals surface area contributed by atoms with E-state index < -0.39 is 12.2 Å². The first-order valence-corrected chi connectivity index (χ1v) is 4.86. The first-order chi connectivity index (χ1) is 6.65. The minimum atomic E-state index is -0.815. The number of aliphatic hydroxyl groups is 2. The second kappa shape index (κ2) is 5.29. The summed E-state index contributed by atoms with van der Waals surface area (Å²) < 4.78 is 5.07. The summed E-state index contributed by atoms with van der Waals surface area (Å²) in [6.45, 7) is 2.97. The van der Waals surface area contributed by atoms with Crippen LogP contribution in [0.15, 0.2) is 0 Å². The zero-order valence-corrected chi connectivity index (χ0v) is 8.35. The van der Waals surface area contributed by atoms with Crippen LogP contribution in [0.2, 0.25) is 0 Å². The fourth-order valence-electron chi connectivity index (χ4n) is 1.37. The molecule has 5 nitrogen and oxygen atoms in total. The number of nitrogens with zero attached hydrogens (tertiary/aromatic N) is 1. The van der Waals surface area contributed by atoms with Crippen LogP contribution in [0.25, 0.3) is 0 Å². The normalized spacial score (nSPS) is 26.9. The molecule has 1 saturated heterocycles. The van der Waals surface area contributed by atoms with E-state index in [-0.39, 0.29) is 25.6 Å². The van der Waals surface area contributed by atoms with E-state index in [1.165, 1.54) is 4.90 Å². The highest BCUT2D eigenvalue weighted by atomic mass is 16.5. The van der Waals surface area contributed by atoms with Crippen LogP contribution in [0.3, 0.4) is 0 Å². The Morgan fingerprint density at radius 1 is 1.43 bits per heavy atom. The van der Waals surface area contributed by atoms with Gasteiger partial charge in [0.15, 0.2) is 0 Å². The zero-order valence-electron chi connectivity index (χ0n) is 8.35. The molecule has 1 aliphatic heterocycles. The Bertz CT molecular complexity index is 187. The zero-order chi connectivity index (χ0) is 10.6. The molecular weight excluding hydrogens is 186 g/mol. The Hall–Kier alpha value is -0.650. The molecule has 0 aromatic heterocycles. The number of hydrogen-bond donors (Lipinski definition) is 2. The molecule has 0 unspecified atom stereocenters. The quantitative estimate of drug-likeness (QED) is 0.574. The number of likely N-dealkylation sites (tertiary alicyclic amines) is 1. The highest BCUT2D eigenvalue weighted by molar-refractivity contribution is 5.77. The van der Waals surface area contributed by atoms with Crippen molar-refractivity contribution in [3.05, 3.63) is 0 Å². The molecule has 1 aliphatic rings. The van der Waals surface area contributed by atoms with Crippen LogP contribution in [0, 0.1) is 0 Å². The van der Waals surface area contributed by atoms with Crippen molar-refractivity contribution in [2.24, 2.45) is 0 Å². The van der Waals surface area contributed by atoms with Gasteiger partial charge in [-0.15, -0.1) is 0 Å². The molecule has 82 valence electrons. The van der Waals surface area contributed by atoms with Crippen molar-refractivity contribution in [3.63, 3.8) is 0 Å². The summed E-state index contributed by atoms with van der Waals surface area (Å²) in [5.74, 6) is -0.172. The van der Waals surface area contributed by atoms with Crippen LogP contribution < -0.4 is 0 Å². The van der Waals surface area contributed by atoms with E-state index in [1.807, 2.05) is 6.92 Å². The molecule has 0 aromatic rings. The second-order valence-corrected chi connectivity index (χ2v) is 3.49. The minimum Gasteiger partial charge on any atom is -0.388 e. The van der Waals surface area contributed by atoms with Crippen LogP contribution in [-0.4, -0.2) is 59.5 Å². The average Bonchev–Trinajstić information content (AvgIpc) is 2.47. The number of rotatable bonds is 4. The summed E-state index contributed by atoms with van der Waals surface area (Å²) in [6.07, 6.45) is -0.756. The number of ether oxygens (including phenoxy) is 1. The van der Waals surface area contributed by atoms with Crippen molar-refractivity contribution in [2.45, 2.75) is 25.6 Å². The molecule has 0 aromatic carbocycles. The summed E-state index contributed by atoms with van der Waals surface area (Å²) in [5, 5.41) is 18.4. The Morgan fingerprint density at radius 3 is 2.50 bits per heavy atom. The topological polar surface area (TPSA) is 70.0 Å². The van der Waals surface area contributed by atoms with Crippen molar-refractivity contribution < 1.29 is 19.7 Å². The van der Waals surface area contributed by atoms with Crippen molar-refractivity contribution in [2.75, 3.05) is 26.3 Å². The Kier molecular flexibility index (Phi) is 4.31. The average molecular weight is 203 g/mol. The molecule has 2 atom stereocenters. The predicted molar refractivity (Wildman–Crippen MR) is 49.7 cm³/mol. The summed E-state index contributed by atoms with van der Waals surface area (Å²) >= 11 is 0. The van der Waals surface area contributed by atoms with Gasteiger partial charge in [0.25, 0.3) is 0 Å². The maximum atomic E-state index is 11.4. The van der Waals surface area contributed by atoms with E-state index >= 15 is 0 Å². The second-order valence-electron chi connectivity index (χ2n) is 3.49. The maximum absolute atomic E-state index is 11.4.